The lowest BCUT2D eigenvalue weighted by Crippen LogP contribution is -2.56. The third kappa shape index (κ3) is 10.0. The molecule has 12 heteroatoms. The summed E-state index contributed by atoms with van der Waals surface area (Å²) in [6.45, 7) is 2.25. The molecule has 3 amide bonds. The highest BCUT2D eigenvalue weighted by molar-refractivity contribution is 5.97. The molecular formula is C31H44N8O4. The van der Waals surface area contributed by atoms with Gasteiger partial charge in [-0.2, -0.15) is 0 Å². The minimum atomic E-state index is -0.925. The highest BCUT2D eigenvalue weighted by Crippen LogP contribution is 2.29. The zero-order valence-electron chi connectivity index (χ0n) is 24.7. The lowest BCUT2D eigenvalue weighted by Gasteiger charge is -2.32. The van der Waals surface area contributed by atoms with Gasteiger partial charge in [0.2, 0.25) is 17.7 Å². The third-order valence-electron chi connectivity index (χ3n) is 7.86. The molecule has 12 nitrogen and oxygen atoms in total. The minimum absolute atomic E-state index is 0.00799. The fraction of sp³-hybridized carbons (Fsp3) is 0.452. The van der Waals surface area contributed by atoms with E-state index in [1.54, 1.807) is 12.1 Å². The van der Waals surface area contributed by atoms with Gasteiger partial charge in [0, 0.05) is 12.1 Å². The van der Waals surface area contributed by atoms with Crippen molar-refractivity contribution in [3.8, 4) is 0 Å². The Morgan fingerprint density at radius 2 is 1.65 bits per heavy atom. The van der Waals surface area contributed by atoms with E-state index in [9.17, 15) is 14.4 Å². The number of aryl methyl sites for hydroxylation is 1. The number of guanidine groups is 1. The van der Waals surface area contributed by atoms with Crippen LogP contribution in [0.1, 0.15) is 73.1 Å². The number of carbonyl (C=O) groups is 3. The number of oxime groups is 1. The molecule has 2 aromatic carbocycles. The zero-order chi connectivity index (χ0) is 31.4. The second kappa shape index (κ2) is 16.1. The molecule has 3 rings (SSSR count). The van der Waals surface area contributed by atoms with Crippen molar-refractivity contribution in [3.05, 3.63) is 70.8 Å². The number of hydrogen-bond acceptors (Lipinski definition) is 6. The lowest BCUT2D eigenvalue weighted by molar-refractivity contribution is -0.133. The number of aliphatic imine (C=N–C) groups is 1. The van der Waals surface area contributed by atoms with Crippen LogP contribution < -0.4 is 33.6 Å². The van der Waals surface area contributed by atoms with Crippen LogP contribution in [0.3, 0.4) is 0 Å². The van der Waals surface area contributed by atoms with Crippen LogP contribution in [0.5, 0.6) is 0 Å². The summed E-state index contributed by atoms with van der Waals surface area (Å²) in [5.41, 5.74) is 25.3. The van der Waals surface area contributed by atoms with Crippen LogP contribution in [0.15, 0.2) is 58.7 Å². The van der Waals surface area contributed by atoms with E-state index in [0.717, 1.165) is 48.8 Å². The zero-order valence-corrected chi connectivity index (χ0v) is 24.7. The molecule has 1 fully saturated rings. The number of amidine groups is 1. The molecule has 0 aromatic heterocycles. The molecule has 1 unspecified atom stereocenters. The summed E-state index contributed by atoms with van der Waals surface area (Å²) in [5.74, 6) is -2.13. The second-order valence-electron chi connectivity index (χ2n) is 11.1. The first-order valence-electron chi connectivity index (χ1n) is 14.7. The van der Waals surface area contributed by atoms with E-state index < -0.39 is 29.8 Å². The summed E-state index contributed by atoms with van der Waals surface area (Å²) in [7, 11) is 0. The molecule has 1 aliphatic rings. The Morgan fingerprint density at radius 1 is 0.953 bits per heavy atom. The number of carbonyl (C=O) groups excluding carboxylic acids is 3. The maximum absolute atomic E-state index is 14.0. The largest absolute Gasteiger partial charge is 0.409 e. The van der Waals surface area contributed by atoms with Crippen molar-refractivity contribution >= 4 is 29.5 Å². The number of primary amides is 1. The van der Waals surface area contributed by atoms with E-state index in [2.05, 4.69) is 20.8 Å². The SMILES string of the molecule is Cc1cccc(C(Cc2ccc(/C(N)=N/O)cc2)C(=O)N[C@H](C(=O)N[C@@H](CCCN=C(N)N)C(N)=O)C2CCCCC2)c1. The van der Waals surface area contributed by atoms with Gasteiger partial charge >= 0.3 is 0 Å². The number of nitrogens with two attached hydrogens (primary N) is 4. The van der Waals surface area contributed by atoms with Gasteiger partial charge in [0.1, 0.15) is 12.1 Å². The van der Waals surface area contributed by atoms with Crippen molar-refractivity contribution in [3.63, 3.8) is 0 Å². The molecule has 0 bridgehead atoms. The van der Waals surface area contributed by atoms with Gasteiger partial charge in [0.05, 0.1) is 5.92 Å². The normalized spacial score (nSPS) is 16.0. The van der Waals surface area contributed by atoms with Crippen LogP contribution in [0.4, 0.5) is 0 Å². The van der Waals surface area contributed by atoms with E-state index in [1.165, 1.54) is 0 Å². The number of amides is 3. The summed E-state index contributed by atoms with van der Waals surface area (Å²) in [4.78, 5) is 43.9. The van der Waals surface area contributed by atoms with E-state index in [1.807, 2.05) is 43.3 Å². The Balaban J connectivity index is 1.85. The van der Waals surface area contributed by atoms with Gasteiger partial charge in [0.15, 0.2) is 11.8 Å². The first-order valence-corrected chi connectivity index (χ1v) is 14.7. The van der Waals surface area contributed by atoms with Crippen LogP contribution in [0.25, 0.3) is 0 Å². The van der Waals surface area contributed by atoms with Crippen LogP contribution in [-0.4, -0.2) is 53.4 Å². The fourth-order valence-corrected chi connectivity index (χ4v) is 5.52. The summed E-state index contributed by atoms with van der Waals surface area (Å²) >= 11 is 0. The molecule has 3 atom stereocenters. The molecule has 1 aliphatic carbocycles. The smallest absolute Gasteiger partial charge is 0.243 e. The lowest BCUT2D eigenvalue weighted by atomic mass is 9.82. The Hall–Kier alpha value is -4.61. The highest BCUT2D eigenvalue weighted by Gasteiger charge is 2.35. The fourth-order valence-electron chi connectivity index (χ4n) is 5.52. The first-order chi connectivity index (χ1) is 20.6. The van der Waals surface area contributed by atoms with Gasteiger partial charge in [-0.25, -0.2) is 0 Å². The van der Waals surface area contributed by atoms with Gasteiger partial charge in [-0.05, 0) is 56.1 Å². The molecule has 43 heavy (non-hydrogen) atoms. The highest BCUT2D eigenvalue weighted by atomic mass is 16.4. The molecule has 0 saturated heterocycles. The van der Waals surface area contributed by atoms with E-state index in [-0.39, 0.29) is 30.0 Å². The average Bonchev–Trinajstić information content (AvgIpc) is 3.00. The number of rotatable bonds is 14. The molecular weight excluding hydrogens is 548 g/mol. The molecule has 11 N–H and O–H groups in total. The van der Waals surface area contributed by atoms with E-state index in [0.29, 0.717) is 24.9 Å². The van der Waals surface area contributed by atoms with Crippen molar-refractivity contribution in [2.24, 2.45) is 39.0 Å². The summed E-state index contributed by atoms with van der Waals surface area (Å²) in [5, 5.41) is 17.9. The molecule has 2 aromatic rings. The van der Waals surface area contributed by atoms with Crippen molar-refractivity contribution in [1.82, 2.24) is 10.6 Å². The first kappa shape index (κ1) is 32.9. The maximum atomic E-state index is 14.0. The van der Waals surface area contributed by atoms with Crippen LogP contribution >= 0.6 is 0 Å². The molecule has 0 spiro atoms. The Morgan fingerprint density at radius 3 is 2.26 bits per heavy atom. The van der Waals surface area contributed by atoms with Crippen molar-refractivity contribution < 1.29 is 19.6 Å². The predicted molar refractivity (Wildman–Crippen MR) is 166 cm³/mol. The van der Waals surface area contributed by atoms with Gasteiger partial charge in [-0.3, -0.25) is 19.4 Å². The molecule has 0 aliphatic heterocycles. The van der Waals surface area contributed by atoms with Crippen molar-refractivity contribution in [1.29, 1.82) is 0 Å². The molecule has 1 saturated carbocycles. The molecule has 0 heterocycles. The van der Waals surface area contributed by atoms with Crippen LogP contribution in [-0.2, 0) is 20.8 Å². The van der Waals surface area contributed by atoms with Gasteiger partial charge in [0.25, 0.3) is 0 Å². The minimum Gasteiger partial charge on any atom is -0.409 e. The Labute approximate surface area is 252 Å². The maximum Gasteiger partial charge on any atom is 0.243 e. The van der Waals surface area contributed by atoms with Crippen LogP contribution in [0.2, 0.25) is 0 Å². The van der Waals surface area contributed by atoms with E-state index >= 15 is 0 Å². The van der Waals surface area contributed by atoms with Crippen LogP contribution in [0, 0.1) is 12.8 Å². The number of benzene rings is 2. The summed E-state index contributed by atoms with van der Waals surface area (Å²) in [6.07, 6.45) is 5.61. The van der Waals surface area contributed by atoms with Gasteiger partial charge in [-0.15, -0.1) is 0 Å². The Kier molecular flexibility index (Phi) is 12.3. The molecule has 232 valence electrons. The monoisotopic (exact) mass is 592 g/mol. The Bertz CT molecular complexity index is 1300. The number of nitrogens with one attached hydrogen (secondary N) is 2. The predicted octanol–water partition coefficient (Wildman–Crippen LogP) is 1.50. The average molecular weight is 593 g/mol. The van der Waals surface area contributed by atoms with Gasteiger partial charge in [-0.1, -0.05) is 78.5 Å². The topological polar surface area (TPSA) is 224 Å². The number of hydrogen-bond donors (Lipinski definition) is 7. The standard InChI is InChI=1S/C31H44N8O4/c1-19-7-5-10-23(17-19)24(18-20-12-14-22(15-13-20)27(32)39-43)29(41)38-26(21-8-3-2-4-9-21)30(42)37-25(28(33)40)11-6-16-36-31(34)35/h5,7,10,12-15,17,21,24-26,43H,2-4,6,8-9,11,16,18H2,1H3,(H2,32,39)(H2,33,40)(H,37,42)(H,38,41)(H4,34,35,36)/t24?,25-,26-/m0/s1. The number of nitrogens with zero attached hydrogens (tertiary/aromatic N) is 2. The quantitative estimate of drug-likeness (QED) is 0.0562. The van der Waals surface area contributed by atoms with Crippen molar-refractivity contribution in [2.45, 2.75) is 76.3 Å². The molecule has 0 radical (unpaired) electrons. The third-order valence-corrected chi connectivity index (χ3v) is 7.86. The van der Waals surface area contributed by atoms with Gasteiger partial charge < -0.3 is 38.8 Å². The van der Waals surface area contributed by atoms with Crippen molar-refractivity contribution in [2.75, 3.05) is 6.54 Å². The summed E-state index contributed by atoms with van der Waals surface area (Å²) in [6, 6.07) is 13.1. The second-order valence-corrected chi connectivity index (χ2v) is 11.1. The summed E-state index contributed by atoms with van der Waals surface area (Å²) < 4.78 is 0. The van der Waals surface area contributed by atoms with E-state index in [4.69, 9.17) is 28.1 Å².